The van der Waals surface area contributed by atoms with E-state index in [1.807, 2.05) is 24.3 Å². The van der Waals surface area contributed by atoms with Gasteiger partial charge in [0.15, 0.2) is 0 Å². The lowest BCUT2D eigenvalue weighted by Gasteiger charge is -2.38. The number of hydrogen-bond acceptors (Lipinski definition) is 4. The Bertz CT molecular complexity index is 1100. The van der Waals surface area contributed by atoms with Crippen molar-refractivity contribution in [2.45, 2.75) is 24.9 Å². The first-order chi connectivity index (χ1) is 15.2. The monoisotopic (exact) mass is 407 g/mol. The third-order valence-corrected chi connectivity index (χ3v) is 6.06. The molecule has 1 aliphatic heterocycles. The van der Waals surface area contributed by atoms with Crippen molar-refractivity contribution in [1.82, 2.24) is 5.32 Å². The fourth-order valence-corrected chi connectivity index (χ4v) is 4.32. The number of hydrogen-bond donors (Lipinski definition) is 1. The van der Waals surface area contributed by atoms with E-state index < -0.39 is 0 Å². The molecule has 3 aromatic rings. The second-order valence-corrected chi connectivity index (χ2v) is 8.11. The molecule has 1 heterocycles. The zero-order valence-corrected chi connectivity index (χ0v) is 17.5. The molecule has 0 atom stereocenters. The molecule has 1 fully saturated rings. The summed E-state index contributed by atoms with van der Waals surface area (Å²) in [6, 6.07) is 28.3. The highest BCUT2D eigenvalue weighted by molar-refractivity contribution is 5.67. The van der Waals surface area contributed by atoms with Gasteiger partial charge in [0.1, 0.15) is 0 Å². The maximum absolute atomic E-state index is 9.49. The zero-order chi connectivity index (χ0) is 21.5. The molecule has 0 saturated carbocycles. The molecule has 1 aliphatic rings. The summed E-state index contributed by atoms with van der Waals surface area (Å²) in [7, 11) is 0. The van der Waals surface area contributed by atoms with E-state index in [9.17, 15) is 5.26 Å². The molecule has 4 heteroatoms. The van der Waals surface area contributed by atoms with Crippen LogP contribution in [0, 0.1) is 22.7 Å². The van der Waals surface area contributed by atoms with Crippen molar-refractivity contribution < 1.29 is 4.74 Å². The van der Waals surface area contributed by atoms with E-state index in [1.165, 1.54) is 5.56 Å². The molecule has 0 bridgehead atoms. The number of nitriles is 2. The lowest BCUT2D eigenvalue weighted by Crippen LogP contribution is -2.43. The van der Waals surface area contributed by atoms with Crippen molar-refractivity contribution in [3.8, 4) is 23.3 Å². The van der Waals surface area contributed by atoms with Crippen LogP contribution in [0.25, 0.3) is 11.1 Å². The smallest absolute Gasteiger partial charge is 0.0991 e. The molecule has 1 saturated heterocycles. The first-order valence-corrected chi connectivity index (χ1v) is 10.6. The highest BCUT2D eigenvalue weighted by Crippen LogP contribution is 2.34. The van der Waals surface area contributed by atoms with Crippen LogP contribution < -0.4 is 5.32 Å². The van der Waals surface area contributed by atoms with E-state index >= 15 is 0 Å². The minimum Gasteiger partial charge on any atom is -0.376 e. The van der Waals surface area contributed by atoms with Gasteiger partial charge in [-0.25, -0.2) is 0 Å². The Labute approximate surface area is 183 Å². The topological polar surface area (TPSA) is 68.8 Å². The van der Waals surface area contributed by atoms with Crippen molar-refractivity contribution in [3.63, 3.8) is 0 Å². The summed E-state index contributed by atoms with van der Waals surface area (Å²) >= 11 is 0. The van der Waals surface area contributed by atoms with Crippen LogP contribution in [0.4, 0.5) is 0 Å². The van der Waals surface area contributed by atoms with Gasteiger partial charge >= 0.3 is 0 Å². The summed E-state index contributed by atoms with van der Waals surface area (Å²) in [5.74, 6) is 0. The van der Waals surface area contributed by atoms with Crippen LogP contribution in [0.3, 0.4) is 0 Å². The normalized spacial score (nSPS) is 15.0. The van der Waals surface area contributed by atoms with Gasteiger partial charge in [0, 0.05) is 5.41 Å². The van der Waals surface area contributed by atoms with E-state index in [0.717, 1.165) is 42.6 Å². The summed E-state index contributed by atoms with van der Waals surface area (Å²) in [5.41, 5.74) is 5.52. The molecule has 1 N–H and O–H groups in total. The number of nitrogens with one attached hydrogen (secondary N) is 1. The van der Waals surface area contributed by atoms with E-state index in [1.54, 1.807) is 12.1 Å². The summed E-state index contributed by atoms with van der Waals surface area (Å²) in [6.07, 6.45) is 2.09. The van der Waals surface area contributed by atoms with Gasteiger partial charge in [0.25, 0.3) is 0 Å². The molecule has 31 heavy (non-hydrogen) atoms. The predicted molar refractivity (Wildman–Crippen MR) is 121 cm³/mol. The number of ether oxygens (including phenoxy) is 1. The summed E-state index contributed by atoms with van der Waals surface area (Å²) in [5, 5.41) is 22.0. The second-order valence-electron chi connectivity index (χ2n) is 8.11. The SMILES string of the molecule is N#Cc1ccc(-c2cc(C#N)cc(COCC3(c4ccccc4)CCNCC3)c2)cc1. The number of rotatable bonds is 6. The summed E-state index contributed by atoms with van der Waals surface area (Å²) in [4.78, 5) is 0. The van der Waals surface area contributed by atoms with Gasteiger partial charge in [-0.05, 0) is 78.5 Å². The lowest BCUT2D eigenvalue weighted by molar-refractivity contribution is 0.0565. The van der Waals surface area contributed by atoms with Gasteiger partial charge in [-0.1, -0.05) is 42.5 Å². The van der Waals surface area contributed by atoms with Crippen molar-refractivity contribution >= 4 is 0 Å². The Morgan fingerprint density at radius 1 is 0.806 bits per heavy atom. The number of piperidine rings is 1. The summed E-state index contributed by atoms with van der Waals surface area (Å²) in [6.45, 7) is 3.10. The quantitative estimate of drug-likeness (QED) is 0.629. The Morgan fingerprint density at radius 3 is 2.19 bits per heavy atom. The minimum absolute atomic E-state index is 0.0231. The number of nitrogens with zero attached hydrogens (tertiary/aromatic N) is 2. The first-order valence-electron chi connectivity index (χ1n) is 10.6. The fraction of sp³-hybridized carbons (Fsp3) is 0.259. The molecule has 0 unspecified atom stereocenters. The third-order valence-electron chi connectivity index (χ3n) is 6.06. The van der Waals surface area contributed by atoms with Crippen LogP contribution >= 0.6 is 0 Å². The Kier molecular flexibility index (Phi) is 6.43. The largest absolute Gasteiger partial charge is 0.376 e. The second kappa shape index (κ2) is 9.58. The summed E-state index contributed by atoms with van der Waals surface area (Å²) < 4.78 is 6.26. The van der Waals surface area contributed by atoms with Crippen LogP contribution in [-0.4, -0.2) is 19.7 Å². The van der Waals surface area contributed by atoms with E-state index in [0.29, 0.717) is 24.3 Å². The maximum Gasteiger partial charge on any atom is 0.0991 e. The van der Waals surface area contributed by atoms with E-state index in [2.05, 4.69) is 53.9 Å². The van der Waals surface area contributed by atoms with Gasteiger partial charge in [-0.2, -0.15) is 10.5 Å². The van der Waals surface area contributed by atoms with Gasteiger partial charge < -0.3 is 10.1 Å². The lowest BCUT2D eigenvalue weighted by atomic mass is 9.74. The van der Waals surface area contributed by atoms with Crippen LogP contribution in [0.1, 0.15) is 35.1 Å². The van der Waals surface area contributed by atoms with Gasteiger partial charge in [0.2, 0.25) is 0 Å². The molecule has 0 aromatic heterocycles. The average Bonchev–Trinajstić information content (AvgIpc) is 2.85. The third kappa shape index (κ3) is 4.84. The highest BCUT2D eigenvalue weighted by Gasteiger charge is 2.34. The Morgan fingerprint density at radius 2 is 1.52 bits per heavy atom. The molecule has 0 radical (unpaired) electrons. The fourth-order valence-electron chi connectivity index (χ4n) is 4.32. The first kappa shape index (κ1) is 20.8. The van der Waals surface area contributed by atoms with Crippen molar-refractivity contribution in [3.05, 3.63) is 95.1 Å². The standard InChI is InChI=1S/C27H25N3O/c28-17-21-6-8-24(9-7-21)25-15-22(18-29)14-23(16-25)19-31-20-27(10-12-30-13-11-27)26-4-2-1-3-5-26/h1-9,14-16,30H,10-13,19-20H2. The number of benzene rings is 3. The van der Waals surface area contributed by atoms with Gasteiger partial charge in [-0.15, -0.1) is 0 Å². The molecule has 3 aromatic carbocycles. The molecular weight excluding hydrogens is 382 g/mol. The minimum atomic E-state index is 0.0231. The molecule has 0 amide bonds. The van der Waals surface area contributed by atoms with Crippen molar-refractivity contribution in [2.75, 3.05) is 19.7 Å². The Balaban J connectivity index is 1.52. The molecule has 0 aliphatic carbocycles. The van der Waals surface area contributed by atoms with Crippen molar-refractivity contribution in [1.29, 1.82) is 10.5 Å². The Hall–Kier alpha value is -3.44. The predicted octanol–water partition coefficient (Wildman–Crippen LogP) is 4.93. The van der Waals surface area contributed by atoms with Crippen molar-refractivity contribution in [2.24, 2.45) is 0 Å². The highest BCUT2D eigenvalue weighted by atomic mass is 16.5. The average molecular weight is 408 g/mol. The van der Waals surface area contributed by atoms with E-state index in [4.69, 9.17) is 10.00 Å². The molecular formula is C27H25N3O. The molecule has 154 valence electrons. The molecule has 4 rings (SSSR count). The van der Waals surface area contributed by atoms with E-state index in [-0.39, 0.29) is 5.41 Å². The van der Waals surface area contributed by atoms with Crippen LogP contribution in [0.5, 0.6) is 0 Å². The maximum atomic E-state index is 9.49. The zero-order valence-electron chi connectivity index (χ0n) is 17.5. The molecule has 0 spiro atoms. The van der Waals surface area contributed by atoms with Crippen LogP contribution in [0.2, 0.25) is 0 Å². The van der Waals surface area contributed by atoms with Crippen LogP contribution in [-0.2, 0) is 16.8 Å². The van der Waals surface area contributed by atoms with Gasteiger partial charge in [0.05, 0.1) is 36.5 Å². The van der Waals surface area contributed by atoms with Gasteiger partial charge in [-0.3, -0.25) is 0 Å². The molecule has 4 nitrogen and oxygen atoms in total. The van der Waals surface area contributed by atoms with Crippen LogP contribution in [0.15, 0.2) is 72.8 Å².